The highest BCUT2D eigenvalue weighted by Gasteiger charge is 2.44. The van der Waals surface area contributed by atoms with Gasteiger partial charge in [0.1, 0.15) is 5.82 Å². The Morgan fingerprint density at radius 2 is 1.89 bits per heavy atom. The third kappa shape index (κ3) is 6.29. The summed E-state index contributed by atoms with van der Waals surface area (Å²) < 4.78 is 56.0. The molecule has 1 unspecified atom stereocenters. The molecule has 1 aromatic carbocycles. The predicted molar refractivity (Wildman–Crippen MR) is 138 cm³/mol. The molecule has 2 atom stereocenters. The van der Waals surface area contributed by atoms with Crippen molar-refractivity contribution in [3.8, 4) is 0 Å². The molecule has 2 N–H and O–H groups in total. The monoisotopic (exact) mass is 554 g/mol. The molecule has 1 aliphatic carbocycles. The number of carbonyl (C=O) groups is 1. The molecule has 2 amide bonds. The van der Waals surface area contributed by atoms with Gasteiger partial charge in [0, 0.05) is 30.1 Å². The minimum atomic E-state index is -4.79. The Bertz CT molecular complexity index is 1200. The summed E-state index contributed by atoms with van der Waals surface area (Å²) >= 11 is 7.52. The smallest absolute Gasteiger partial charge is 0.335 e. The van der Waals surface area contributed by atoms with Crippen molar-refractivity contribution in [2.75, 3.05) is 5.75 Å². The summed E-state index contributed by atoms with van der Waals surface area (Å²) in [6, 6.07) is 4.90. The van der Waals surface area contributed by atoms with E-state index in [2.05, 4.69) is 27.2 Å². The Balaban J connectivity index is 1.86. The van der Waals surface area contributed by atoms with E-state index in [-0.39, 0.29) is 35.5 Å². The molecule has 0 saturated heterocycles. The molecular formula is C26H27ClF4N4OS. The van der Waals surface area contributed by atoms with E-state index in [4.69, 9.17) is 11.6 Å². The van der Waals surface area contributed by atoms with E-state index in [9.17, 15) is 22.4 Å². The molecule has 1 aliphatic heterocycles. The molecular weight excluding hydrogens is 528 g/mol. The maximum atomic E-state index is 14.7. The normalized spacial score (nSPS) is 19.8. The van der Waals surface area contributed by atoms with Crippen LogP contribution in [-0.4, -0.2) is 33.9 Å². The molecule has 0 radical (unpaired) electrons. The van der Waals surface area contributed by atoms with Crippen LogP contribution in [0.25, 0.3) is 0 Å². The molecule has 0 bridgehead atoms. The summed E-state index contributed by atoms with van der Waals surface area (Å²) in [4.78, 5) is 22.0. The van der Waals surface area contributed by atoms with E-state index in [1.165, 1.54) is 18.0 Å². The van der Waals surface area contributed by atoms with Crippen molar-refractivity contribution < 1.29 is 22.4 Å². The van der Waals surface area contributed by atoms with Gasteiger partial charge in [-0.3, -0.25) is 9.98 Å². The van der Waals surface area contributed by atoms with Gasteiger partial charge in [-0.15, -0.1) is 11.8 Å². The average Bonchev–Trinajstić information content (AvgIpc) is 3.48. The third-order valence-electron chi connectivity index (χ3n) is 6.62. The number of aliphatic imine (C=N–C) groups is 1. The molecule has 0 spiro atoms. The van der Waals surface area contributed by atoms with Crippen LogP contribution in [0.15, 0.2) is 53.8 Å². The number of carbonyl (C=O) groups excluding carboxylic acids is 1. The second-order valence-corrected chi connectivity index (χ2v) is 10.9. The van der Waals surface area contributed by atoms with Crippen molar-refractivity contribution in [2.45, 2.75) is 62.7 Å². The largest absolute Gasteiger partial charge is 0.416 e. The van der Waals surface area contributed by atoms with Gasteiger partial charge in [-0.05, 0) is 55.7 Å². The van der Waals surface area contributed by atoms with Gasteiger partial charge in [-0.1, -0.05) is 31.0 Å². The molecule has 2 aromatic rings. The number of pyridine rings is 1. The van der Waals surface area contributed by atoms with E-state index in [0.717, 1.165) is 37.8 Å². The first kappa shape index (κ1) is 27.4. The van der Waals surface area contributed by atoms with Gasteiger partial charge < -0.3 is 10.6 Å². The summed E-state index contributed by atoms with van der Waals surface area (Å²) in [7, 11) is 0. The Hall–Kier alpha value is -2.59. The number of urea groups is 1. The van der Waals surface area contributed by atoms with Gasteiger partial charge in [0.15, 0.2) is 0 Å². The van der Waals surface area contributed by atoms with Crippen LogP contribution >= 0.6 is 23.4 Å². The van der Waals surface area contributed by atoms with Gasteiger partial charge in [-0.2, -0.15) is 13.2 Å². The highest BCUT2D eigenvalue weighted by atomic mass is 35.5. The van der Waals surface area contributed by atoms with E-state index in [1.54, 1.807) is 12.1 Å². The van der Waals surface area contributed by atoms with E-state index in [0.29, 0.717) is 21.9 Å². The third-order valence-corrected chi connectivity index (χ3v) is 8.08. The SMILES string of the molecule is C=C(NC(=O)NC1CCCC1)[C@](CC1=NC(C)CS1)(c1cc(F)cc(C(F)(F)F)c1)c1ccc(Cl)cn1. The highest BCUT2D eigenvalue weighted by Crippen LogP contribution is 2.44. The summed E-state index contributed by atoms with van der Waals surface area (Å²) in [5, 5.41) is 6.59. The van der Waals surface area contributed by atoms with Crippen LogP contribution in [0.4, 0.5) is 22.4 Å². The van der Waals surface area contributed by atoms with Gasteiger partial charge in [0.05, 0.1) is 32.8 Å². The molecule has 198 valence electrons. The quantitative estimate of drug-likeness (QED) is 0.368. The van der Waals surface area contributed by atoms with Gasteiger partial charge in [0.25, 0.3) is 0 Å². The fourth-order valence-corrected chi connectivity index (χ4v) is 5.99. The number of thioether (sulfide) groups is 1. The lowest BCUT2D eigenvalue weighted by molar-refractivity contribution is -0.137. The van der Waals surface area contributed by atoms with Crippen LogP contribution in [-0.2, 0) is 11.6 Å². The Morgan fingerprint density at radius 1 is 1.19 bits per heavy atom. The number of benzene rings is 1. The van der Waals surface area contributed by atoms with Gasteiger partial charge in [0.2, 0.25) is 0 Å². The molecule has 1 saturated carbocycles. The number of hydrogen-bond donors (Lipinski definition) is 2. The highest BCUT2D eigenvalue weighted by molar-refractivity contribution is 8.14. The van der Waals surface area contributed by atoms with Crippen LogP contribution in [0.3, 0.4) is 0 Å². The molecule has 5 nitrogen and oxygen atoms in total. The number of allylic oxidation sites excluding steroid dienone is 1. The summed E-state index contributed by atoms with van der Waals surface area (Å²) in [5.41, 5.74) is -2.46. The second kappa shape index (κ2) is 11.0. The minimum absolute atomic E-state index is 0.000937. The van der Waals surface area contributed by atoms with Crippen molar-refractivity contribution >= 4 is 34.4 Å². The van der Waals surface area contributed by atoms with Crippen LogP contribution in [0, 0.1) is 5.82 Å². The fourth-order valence-electron chi connectivity index (χ4n) is 4.80. The Morgan fingerprint density at radius 3 is 2.49 bits per heavy atom. The predicted octanol–water partition coefficient (Wildman–Crippen LogP) is 6.86. The number of halogens is 5. The molecule has 2 heterocycles. The van der Waals surface area contributed by atoms with Crippen LogP contribution in [0.2, 0.25) is 5.02 Å². The van der Waals surface area contributed by atoms with E-state index in [1.807, 2.05) is 6.92 Å². The number of rotatable bonds is 7. The van der Waals surface area contributed by atoms with E-state index >= 15 is 0 Å². The number of amides is 2. The topological polar surface area (TPSA) is 66.4 Å². The lowest BCUT2D eigenvalue weighted by atomic mass is 9.71. The first-order valence-corrected chi connectivity index (χ1v) is 13.3. The average molecular weight is 555 g/mol. The lowest BCUT2D eigenvalue weighted by Crippen LogP contribution is -2.46. The van der Waals surface area contributed by atoms with E-state index < -0.39 is 29.0 Å². The number of aromatic nitrogens is 1. The van der Waals surface area contributed by atoms with Crippen molar-refractivity contribution in [1.29, 1.82) is 0 Å². The molecule has 4 rings (SSSR count). The number of hydrogen-bond acceptors (Lipinski definition) is 4. The maximum Gasteiger partial charge on any atom is 0.416 e. The first-order valence-electron chi connectivity index (χ1n) is 11.9. The molecule has 1 aromatic heterocycles. The van der Waals surface area contributed by atoms with Crippen molar-refractivity contribution in [3.63, 3.8) is 0 Å². The Labute approximate surface area is 222 Å². The summed E-state index contributed by atoms with van der Waals surface area (Å²) in [5.74, 6) is -0.376. The molecule has 37 heavy (non-hydrogen) atoms. The van der Waals surface area contributed by atoms with Crippen molar-refractivity contribution in [2.24, 2.45) is 4.99 Å². The zero-order valence-electron chi connectivity index (χ0n) is 20.2. The number of alkyl halides is 3. The summed E-state index contributed by atoms with van der Waals surface area (Å²) in [6.07, 6.45) is 0.279. The van der Waals surface area contributed by atoms with Crippen LogP contribution in [0.5, 0.6) is 0 Å². The molecule has 1 fully saturated rings. The number of nitrogens with one attached hydrogen (secondary N) is 2. The second-order valence-electron chi connectivity index (χ2n) is 9.41. The van der Waals surface area contributed by atoms with Gasteiger partial charge >= 0.3 is 12.2 Å². The molecule has 11 heteroatoms. The van der Waals surface area contributed by atoms with Gasteiger partial charge in [-0.25, -0.2) is 9.18 Å². The van der Waals surface area contributed by atoms with Crippen molar-refractivity contribution in [1.82, 2.24) is 15.6 Å². The van der Waals surface area contributed by atoms with Crippen LogP contribution in [0.1, 0.15) is 55.8 Å². The zero-order valence-corrected chi connectivity index (χ0v) is 21.7. The van der Waals surface area contributed by atoms with Crippen molar-refractivity contribution in [3.05, 3.63) is 76.5 Å². The Kier molecular flexibility index (Phi) is 8.18. The maximum absolute atomic E-state index is 14.7. The minimum Gasteiger partial charge on any atom is -0.335 e. The first-order chi connectivity index (χ1) is 17.5. The fraction of sp³-hybridized carbons (Fsp3) is 0.423. The van der Waals surface area contributed by atoms with Crippen LogP contribution < -0.4 is 10.6 Å². The standard InChI is InChI=1S/C26H27ClF4N4OS/c1-15-14-37-23(33-15)12-25(22-8-7-19(27)13-32-22,16(2)34-24(36)35-21-5-3-4-6-21)17-9-18(26(29,30)31)11-20(28)10-17/h7-11,13,15,21H,2-6,12,14H2,1H3,(H2,34,35,36)/t15?,25-/m1/s1. The number of nitrogens with zero attached hydrogens (tertiary/aromatic N) is 2. The lowest BCUT2D eigenvalue weighted by Gasteiger charge is -2.36. The molecule has 2 aliphatic rings. The summed E-state index contributed by atoms with van der Waals surface area (Å²) in [6.45, 7) is 6.01. The zero-order chi connectivity index (χ0) is 26.8.